The molecule has 1 aliphatic rings. The fourth-order valence-electron chi connectivity index (χ4n) is 2.30. The lowest BCUT2D eigenvalue weighted by Crippen LogP contribution is -2.36. The first-order chi connectivity index (χ1) is 7.77. The first kappa shape index (κ1) is 11.5. The number of hydrogen-bond acceptors (Lipinski definition) is 2. The van der Waals surface area contributed by atoms with Crippen molar-refractivity contribution in [3.05, 3.63) is 29.3 Å². The highest BCUT2D eigenvalue weighted by atomic mass is 15.1. The zero-order valence-corrected chi connectivity index (χ0v) is 10.4. The Morgan fingerprint density at radius 2 is 1.94 bits per heavy atom. The molecule has 0 atom stereocenters. The average molecular weight is 218 g/mol. The monoisotopic (exact) mass is 218 g/mol. The lowest BCUT2D eigenvalue weighted by molar-refractivity contribution is 0.566. The number of hydrogen-bond donors (Lipinski definition) is 1. The van der Waals surface area contributed by atoms with E-state index >= 15 is 0 Å². The summed E-state index contributed by atoms with van der Waals surface area (Å²) in [6.45, 7) is 9.00. The first-order valence-electron chi connectivity index (χ1n) is 6.30. The van der Waals surface area contributed by atoms with Crippen LogP contribution >= 0.6 is 0 Å². The van der Waals surface area contributed by atoms with Gasteiger partial charge in [-0.1, -0.05) is 12.1 Å². The summed E-state index contributed by atoms with van der Waals surface area (Å²) in [6.07, 6.45) is 2.59. The van der Waals surface area contributed by atoms with Crippen LogP contribution < -0.4 is 10.2 Å². The third kappa shape index (κ3) is 2.76. The van der Waals surface area contributed by atoms with Crippen molar-refractivity contribution in [1.82, 2.24) is 5.32 Å². The summed E-state index contributed by atoms with van der Waals surface area (Å²) in [7, 11) is 0. The molecule has 0 unspecified atom stereocenters. The van der Waals surface area contributed by atoms with Crippen molar-refractivity contribution in [3.63, 3.8) is 0 Å². The maximum Gasteiger partial charge on any atom is 0.0399 e. The summed E-state index contributed by atoms with van der Waals surface area (Å²) in [6, 6.07) is 6.74. The molecule has 0 amide bonds. The highest BCUT2D eigenvalue weighted by molar-refractivity contribution is 5.54. The number of rotatable bonds is 1. The lowest BCUT2D eigenvalue weighted by atomic mass is 10.1. The van der Waals surface area contributed by atoms with Crippen LogP contribution in [0, 0.1) is 13.8 Å². The topological polar surface area (TPSA) is 15.3 Å². The summed E-state index contributed by atoms with van der Waals surface area (Å²) in [5, 5.41) is 3.48. The molecule has 1 fully saturated rings. The Balaban J connectivity index is 2.16. The summed E-state index contributed by atoms with van der Waals surface area (Å²) in [5.41, 5.74) is 4.17. The van der Waals surface area contributed by atoms with Gasteiger partial charge < -0.3 is 10.2 Å². The summed E-state index contributed by atoms with van der Waals surface area (Å²) < 4.78 is 0. The van der Waals surface area contributed by atoms with Crippen LogP contribution in [0.25, 0.3) is 0 Å². The molecule has 0 aliphatic carbocycles. The van der Waals surface area contributed by atoms with Gasteiger partial charge in [-0.15, -0.1) is 0 Å². The largest absolute Gasteiger partial charge is 0.370 e. The molecule has 2 rings (SSSR count). The summed E-state index contributed by atoms with van der Waals surface area (Å²) in [4.78, 5) is 2.52. The van der Waals surface area contributed by atoms with Gasteiger partial charge in [-0.25, -0.2) is 0 Å². The standard InChI is InChI=1S/C14H22N2/c1-12-5-6-13(2)14(11-12)16-9-4-3-7-15-8-10-16/h5-6,11,15H,3-4,7-10H2,1-2H3. The van der Waals surface area contributed by atoms with Crippen molar-refractivity contribution in [2.75, 3.05) is 31.1 Å². The normalized spacial score (nSPS) is 18.0. The SMILES string of the molecule is Cc1ccc(C)c(N2CCCCNCC2)c1. The number of anilines is 1. The van der Waals surface area contributed by atoms with E-state index < -0.39 is 0 Å². The van der Waals surface area contributed by atoms with Crippen LogP contribution in [-0.2, 0) is 0 Å². The van der Waals surface area contributed by atoms with Gasteiger partial charge in [-0.05, 0) is 50.4 Å². The lowest BCUT2D eigenvalue weighted by Gasteiger charge is -2.29. The zero-order chi connectivity index (χ0) is 11.4. The van der Waals surface area contributed by atoms with E-state index in [-0.39, 0.29) is 0 Å². The quantitative estimate of drug-likeness (QED) is 0.779. The molecule has 0 aromatic heterocycles. The number of nitrogens with one attached hydrogen (secondary N) is 1. The molecule has 88 valence electrons. The van der Waals surface area contributed by atoms with E-state index in [0.717, 1.165) is 13.1 Å². The molecule has 1 aromatic rings. The Kier molecular flexibility index (Phi) is 3.83. The predicted molar refractivity (Wildman–Crippen MR) is 70.2 cm³/mol. The van der Waals surface area contributed by atoms with Gasteiger partial charge in [-0.3, -0.25) is 0 Å². The Morgan fingerprint density at radius 1 is 1.06 bits per heavy atom. The number of aryl methyl sites for hydroxylation is 2. The van der Waals surface area contributed by atoms with Gasteiger partial charge >= 0.3 is 0 Å². The third-order valence-electron chi connectivity index (χ3n) is 3.30. The van der Waals surface area contributed by atoms with Crippen LogP contribution in [-0.4, -0.2) is 26.2 Å². The summed E-state index contributed by atoms with van der Waals surface area (Å²) >= 11 is 0. The van der Waals surface area contributed by atoms with Crippen molar-refractivity contribution in [1.29, 1.82) is 0 Å². The van der Waals surface area contributed by atoms with E-state index in [0.29, 0.717) is 0 Å². The molecule has 16 heavy (non-hydrogen) atoms. The van der Waals surface area contributed by atoms with Crippen LogP contribution in [0.4, 0.5) is 5.69 Å². The maximum absolute atomic E-state index is 3.48. The highest BCUT2D eigenvalue weighted by Crippen LogP contribution is 2.22. The molecule has 0 bridgehead atoms. The third-order valence-corrected chi connectivity index (χ3v) is 3.30. The van der Waals surface area contributed by atoms with Crippen molar-refractivity contribution >= 4 is 5.69 Å². The van der Waals surface area contributed by atoms with E-state index in [2.05, 4.69) is 42.3 Å². The summed E-state index contributed by atoms with van der Waals surface area (Å²) in [5.74, 6) is 0. The molecule has 0 radical (unpaired) electrons. The van der Waals surface area contributed by atoms with Crippen molar-refractivity contribution in [2.24, 2.45) is 0 Å². The molecule has 0 saturated carbocycles. The predicted octanol–water partition coefficient (Wildman–Crippen LogP) is 2.49. The van der Waals surface area contributed by atoms with Gasteiger partial charge in [0.2, 0.25) is 0 Å². The van der Waals surface area contributed by atoms with Gasteiger partial charge in [0.1, 0.15) is 0 Å². The molecule has 0 spiro atoms. The van der Waals surface area contributed by atoms with Crippen molar-refractivity contribution in [3.8, 4) is 0 Å². The second-order valence-corrected chi connectivity index (χ2v) is 4.73. The Morgan fingerprint density at radius 3 is 2.81 bits per heavy atom. The number of benzene rings is 1. The Labute approximate surface area is 98.7 Å². The van der Waals surface area contributed by atoms with Crippen LogP contribution in [0.3, 0.4) is 0 Å². The van der Waals surface area contributed by atoms with E-state index in [1.807, 2.05) is 0 Å². The van der Waals surface area contributed by atoms with Gasteiger partial charge in [0.25, 0.3) is 0 Å². The molecule has 2 nitrogen and oxygen atoms in total. The van der Waals surface area contributed by atoms with Crippen molar-refractivity contribution in [2.45, 2.75) is 26.7 Å². The zero-order valence-electron chi connectivity index (χ0n) is 10.4. The first-order valence-corrected chi connectivity index (χ1v) is 6.30. The van der Waals surface area contributed by atoms with Crippen LogP contribution in [0.15, 0.2) is 18.2 Å². The average Bonchev–Trinajstić information content (AvgIpc) is 2.22. The molecule has 1 heterocycles. The Hall–Kier alpha value is -1.02. The second-order valence-electron chi connectivity index (χ2n) is 4.73. The minimum absolute atomic E-state index is 1.10. The number of nitrogens with zero attached hydrogens (tertiary/aromatic N) is 1. The molecular weight excluding hydrogens is 196 g/mol. The minimum atomic E-state index is 1.10. The molecule has 1 N–H and O–H groups in total. The maximum atomic E-state index is 3.48. The van der Waals surface area contributed by atoms with Gasteiger partial charge in [0.15, 0.2) is 0 Å². The highest BCUT2D eigenvalue weighted by Gasteiger charge is 2.10. The van der Waals surface area contributed by atoms with Crippen LogP contribution in [0.2, 0.25) is 0 Å². The van der Waals surface area contributed by atoms with Gasteiger partial charge in [-0.2, -0.15) is 0 Å². The van der Waals surface area contributed by atoms with E-state index in [1.165, 1.54) is 42.7 Å². The van der Waals surface area contributed by atoms with Gasteiger partial charge in [0.05, 0.1) is 0 Å². The van der Waals surface area contributed by atoms with E-state index in [4.69, 9.17) is 0 Å². The molecule has 1 aromatic carbocycles. The van der Waals surface area contributed by atoms with E-state index in [1.54, 1.807) is 0 Å². The molecule has 2 heteroatoms. The van der Waals surface area contributed by atoms with Crippen LogP contribution in [0.5, 0.6) is 0 Å². The smallest absolute Gasteiger partial charge is 0.0399 e. The van der Waals surface area contributed by atoms with Crippen molar-refractivity contribution < 1.29 is 0 Å². The fourth-order valence-corrected chi connectivity index (χ4v) is 2.30. The molecule has 1 aliphatic heterocycles. The van der Waals surface area contributed by atoms with E-state index in [9.17, 15) is 0 Å². The fraction of sp³-hybridized carbons (Fsp3) is 0.571. The second kappa shape index (κ2) is 5.35. The Bertz CT molecular complexity index is 339. The molecular formula is C14H22N2. The minimum Gasteiger partial charge on any atom is -0.370 e. The van der Waals surface area contributed by atoms with Gasteiger partial charge in [0, 0.05) is 25.3 Å². The molecule has 1 saturated heterocycles. The van der Waals surface area contributed by atoms with Crippen LogP contribution in [0.1, 0.15) is 24.0 Å².